The van der Waals surface area contributed by atoms with E-state index in [-0.39, 0.29) is 23.4 Å². The monoisotopic (exact) mass is 565 g/mol. The van der Waals surface area contributed by atoms with Crippen LogP contribution >= 0.6 is 0 Å². The van der Waals surface area contributed by atoms with Gasteiger partial charge in [0.2, 0.25) is 0 Å². The largest absolute Gasteiger partial charge is 0.573 e. The molecule has 5 rings (SSSR count). The summed E-state index contributed by atoms with van der Waals surface area (Å²) in [6.07, 6.45) is -5.36. The Hall–Kier alpha value is -4.53. The van der Waals surface area contributed by atoms with Crippen molar-refractivity contribution in [3.05, 3.63) is 125 Å². The lowest BCUT2D eigenvalue weighted by molar-refractivity contribution is -0.274. The van der Waals surface area contributed by atoms with Gasteiger partial charge in [-0.3, -0.25) is 9.79 Å². The van der Waals surface area contributed by atoms with Crippen molar-refractivity contribution >= 4 is 11.7 Å². The number of benzene rings is 4. The molecule has 4 aromatic rings. The second-order valence-electron chi connectivity index (χ2n) is 9.61. The highest BCUT2D eigenvalue weighted by atomic mass is 19.4. The predicted molar refractivity (Wildman–Crippen MR) is 143 cm³/mol. The molecule has 9 heteroatoms. The molecule has 0 fully saturated rings. The first kappa shape index (κ1) is 28.0. The normalized spacial score (nSPS) is 17.6. The number of hydrogen-bond acceptors (Lipinski definition) is 4. The lowest BCUT2D eigenvalue weighted by Crippen LogP contribution is -2.23. The fourth-order valence-electron chi connectivity index (χ4n) is 4.87. The summed E-state index contributed by atoms with van der Waals surface area (Å²) in [4.78, 5) is 18.0. The zero-order chi connectivity index (χ0) is 29.1. The Balaban J connectivity index is 1.42. The number of nitrogens with zero attached hydrogens (tertiary/aromatic N) is 1. The second kappa shape index (κ2) is 11.5. The highest BCUT2D eigenvalue weighted by Gasteiger charge is 2.39. The highest BCUT2D eigenvalue weighted by Crippen LogP contribution is 2.40. The van der Waals surface area contributed by atoms with Gasteiger partial charge < -0.3 is 9.47 Å². The van der Waals surface area contributed by atoms with Gasteiger partial charge in [-0.2, -0.15) is 0 Å². The molecule has 0 bridgehead atoms. The minimum atomic E-state index is -4.79. The van der Waals surface area contributed by atoms with Crippen molar-refractivity contribution in [2.45, 2.75) is 31.9 Å². The van der Waals surface area contributed by atoms with Gasteiger partial charge in [-0.05, 0) is 53.4 Å². The molecule has 0 amide bonds. The zero-order valence-electron chi connectivity index (χ0n) is 21.7. The van der Waals surface area contributed by atoms with Crippen molar-refractivity contribution in [1.82, 2.24) is 0 Å². The van der Waals surface area contributed by atoms with Crippen molar-refractivity contribution in [2.75, 3.05) is 0 Å². The van der Waals surface area contributed by atoms with Gasteiger partial charge in [0, 0.05) is 12.1 Å². The topological polar surface area (TPSA) is 47.9 Å². The van der Waals surface area contributed by atoms with E-state index in [2.05, 4.69) is 9.73 Å². The number of ether oxygens (including phenoxy) is 2. The third kappa shape index (κ3) is 6.45. The van der Waals surface area contributed by atoms with Crippen LogP contribution in [0, 0.1) is 17.6 Å². The van der Waals surface area contributed by atoms with Gasteiger partial charge in [0.1, 0.15) is 23.5 Å². The second-order valence-corrected chi connectivity index (χ2v) is 9.61. The van der Waals surface area contributed by atoms with Gasteiger partial charge in [-0.1, -0.05) is 72.8 Å². The average Bonchev–Trinajstić information content (AvgIpc) is 3.38. The molecular weight excluding hydrogens is 541 g/mol. The first-order valence-electron chi connectivity index (χ1n) is 12.8. The van der Waals surface area contributed by atoms with Crippen LogP contribution in [0.4, 0.5) is 22.0 Å². The van der Waals surface area contributed by atoms with Crippen LogP contribution in [0.2, 0.25) is 0 Å². The lowest BCUT2D eigenvalue weighted by atomic mass is 9.90. The molecular formula is C32H24F5NO3. The van der Waals surface area contributed by atoms with Crippen LogP contribution in [0.15, 0.2) is 102 Å². The summed E-state index contributed by atoms with van der Waals surface area (Å²) in [5.74, 6) is -3.27. The highest BCUT2D eigenvalue weighted by molar-refractivity contribution is 6.04. The number of hydrogen-bond donors (Lipinski definition) is 0. The minimum Gasteiger partial charge on any atom is -0.457 e. The Labute approximate surface area is 233 Å². The van der Waals surface area contributed by atoms with Crippen LogP contribution in [-0.2, 0) is 9.53 Å². The summed E-state index contributed by atoms with van der Waals surface area (Å²) in [6, 6.07) is 24.3. The summed E-state index contributed by atoms with van der Waals surface area (Å²) in [6.45, 7) is 1.75. The maximum Gasteiger partial charge on any atom is 0.573 e. The lowest BCUT2D eigenvalue weighted by Gasteiger charge is -2.21. The van der Waals surface area contributed by atoms with E-state index in [0.717, 1.165) is 17.7 Å². The molecule has 1 unspecified atom stereocenters. The molecule has 0 saturated carbocycles. The molecule has 0 saturated heterocycles. The molecule has 1 aliphatic heterocycles. The van der Waals surface area contributed by atoms with E-state index in [0.29, 0.717) is 16.7 Å². The molecule has 210 valence electrons. The fourth-order valence-corrected chi connectivity index (χ4v) is 4.87. The van der Waals surface area contributed by atoms with E-state index in [9.17, 15) is 26.7 Å². The van der Waals surface area contributed by atoms with Gasteiger partial charge in [-0.25, -0.2) is 8.78 Å². The Bertz CT molecular complexity index is 1530. The molecule has 0 aromatic heterocycles. The van der Waals surface area contributed by atoms with E-state index in [1.54, 1.807) is 31.2 Å². The smallest absolute Gasteiger partial charge is 0.457 e. The first-order valence-corrected chi connectivity index (χ1v) is 12.8. The van der Waals surface area contributed by atoms with Crippen molar-refractivity contribution < 1.29 is 36.2 Å². The molecule has 4 nitrogen and oxygen atoms in total. The standard InChI is InChI=1S/C32H24F5NO3/c1-19(20-6-3-2-4-7-20)40-31(39)25-18-28(29-26(33)8-5-9-27(29)34)38-30(25)23-12-10-21(11-13-23)22-14-16-24(17-15-22)41-32(35,36)37/h2-17,19,25,30H,18H2,1H3/t19?,25-,30-/m0/s1. The van der Waals surface area contributed by atoms with Gasteiger partial charge in [0.25, 0.3) is 0 Å². The average molecular weight is 566 g/mol. The third-order valence-corrected chi connectivity index (χ3v) is 6.88. The molecule has 3 atom stereocenters. The Morgan fingerprint density at radius 2 is 1.41 bits per heavy atom. The molecule has 0 N–H and O–H groups in total. The van der Waals surface area contributed by atoms with Crippen molar-refractivity contribution in [2.24, 2.45) is 10.9 Å². The number of carbonyl (C=O) groups excluding carboxylic acids is 1. The summed E-state index contributed by atoms with van der Waals surface area (Å²) >= 11 is 0. The summed E-state index contributed by atoms with van der Waals surface area (Å²) < 4.78 is 76.4. The van der Waals surface area contributed by atoms with Gasteiger partial charge >= 0.3 is 12.3 Å². The van der Waals surface area contributed by atoms with E-state index in [1.807, 2.05) is 30.3 Å². The summed E-state index contributed by atoms with van der Waals surface area (Å²) in [7, 11) is 0. The summed E-state index contributed by atoms with van der Waals surface area (Å²) in [5, 5.41) is 0. The van der Waals surface area contributed by atoms with E-state index >= 15 is 0 Å². The number of esters is 1. The van der Waals surface area contributed by atoms with Crippen LogP contribution < -0.4 is 4.74 Å². The van der Waals surface area contributed by atoms with E-state index < -0.39 is 42.0 Å². The number of aliphatic imine (C=N–C) groups is 1. The fraction of sp³-hybridized carbons (Fsp3) is 0.188. The zero-order valence-corrected chi connectivity index (χ0v) is 21.7. The van der Waals surface area contributed by atoms with Crippen LogP contribution in [0.1, 0.15) is 42.2 Å². The van der Waals surface area contributed by atoms with Gasteiger partial charge in [0.15, 0.2) is 0 Å². The molecule has 0 radical (unpaired) electrons. The van der Waals surface area contributed by atoms with Gasteiger partial charge in [0.05, 0.1) is 17.5 Å². The Morgan fingerprint density at radius 3 is 2.00 bits per heavy atom. The maximum atomic E-state index is 14.6. The van der Waals surface area contributed by atoms with Crippen LogP contribution in [-0.4, -0.2) is 18.0 Å². The van der Waals surface area contributed by atoms with Crippen LogP contribution in [0.5, 0.6) is 5.75 Å². The molecule has 1 aliphatic rings. The van der Waals surface area contributed by atoms with E-state index in [1.165, 1.54) is 30.3 Å². The van der Waals surface area contributed by atoms with Crippen molar-refractivity contribution in [1.29, 1.82) is 0 Å². The first-order chi connectivity index (χ1) is 19.6. The number of alkyl halides is 3. The third-order valence-electron chi connectivity index (χ3n) is 6.88. The van der Waals surface area contributed by atoms with E-state index in [4.69, 9.17) is 4.74 Å². The molecule has 4 aromatic carbocycles. The molecule has 0 spiro atoms. The predicted octanol–water partition coefficient (Wildman–Crippen LogP) is 8.39. The quantitative estimate of drug-likeness (QED) is 0.167. The Kier molecular flexibility index (Phi) is 7.88. The van der Waals surface area contributed by atoms with Crippen molar-refractivity contribution in [3.63, 3.8) is 0 Å². The SMILES string of the molecule is CC(OC(=O)[C@H]1CC(c2c(F)cccc2F)=N[C@H]1c1ccc(-c2ccc(OC(F)(F)F)cc2)cc1)c1ccccc1. The van der Waals surface area contributed by atoms with Crippen LogP contribution in [0.3, 0.4) is 0 Å². The number of halogens is 5. The minimum absolute atomic E-state index is 0.0225. The molecule has 41 heavy (non-hydrogen) atoms. The summed E-state index contributed by atoms with van der Waals surface area (Å²) in [5.41, 5.74) is 2.61. The Morgan fingerprint density at radius 1 is 0.829 bits per heavy atom. The molecule has 0 aliphatic carbocycles. The number of rotatable bonds is 7. The van der Waals surface area contributed by atoms with Crippen LogP contribution in [0.25, 0.3) is 11.1 Å². The maximum absolute atomic E-state index is 14.6. The van der Waals surface area contributed by atoms with Gasteiger partial charge in [-0.15, -0.1) is 13.2 Å². The molecule has 1 heterocycles. The number of carbonyl (C=O) groups is 1. The van der Waals surface area contributed by atoms with Crippen molar-refractivity contribution in [3.8, 4) is 16.9 Å².